The molecule has 0 aliphatic rings. The SMILES string of the molecule is Cc1nc(C)nc(-c2ccc3c(c2)c2cc(-c4nc(C)nc(C)n4)ccc2n3-c2cc(-c3ccc(C(F)(F)F)cc3C(F)(F)F)c(-n3c4ccc(-c5nc(C)nc(C)n5)cc4c4cc(-c5nc(C)nc(C)n5)ccc43)cc2C#N)n1. The van der Waals surface area contributed by atoms with Crippen LogP contribution in [0.3, 0.4) is 0 Å². The van der Waals surface area contributed by atoms with Crippen LogP contribution in [-0.2, 0) is 12.4 Å². The molecular weight excluding hydrogens is 1030 g/mol. The van der Waals surface area contributed by atoms with E-state index >= 15 is 13.2 Å². The predicted molar refractivity (Wildman–Crippen MR) is 288 cm³/mol. The highest BCUT2D eigenvalue weighted by Gasteiger charge is 2.39. The Bertz CT molecular complexity index is 4350. The average molecular weight is 1070 g/mol. The molecule has 6 heterocycles. The number of nitrogens with zero attached hydrogens (tertiary/aromatic N) is 15. The Morgan fingerprint density at radius 3 is 0.975 bits per heavy atom. The first-order chi connectivity index (χ1) is 38.1. The lowest BCUT2D eigenvalue weighted by molar-refractivity contribution is -0.142. The van der Waals surface area contributed by atoms with Crippen LogP contribution in [0.5, 0.6) is 0 Å². The van der Waals surface area contributed by atoms with Gasteiger partial charge in [-0.25, -0.2) is 59.8 Å². The number of hydrogen-bond donors (Lipinski definition) is 0. The first kappa shape index (κ1) is 50.8. The van der Waals surface area contributed by atoms with Crippen molar-refractivity contribution < 1.29 is 26.3 Å². The summed E-state index contributed by atoms with van der Waals surface area (Å²) in [6.45, 7) is 14.0. The number of aryl methyl sites for hydroxylation is 8. The molecule has 80 heavy (non-hydrogen) atoms. The molecule has 0 saturated carbocycles. The van der Waals surface area contributed by atoms with Crippen LogP contribution in [0.4, 0.5) is 26.3 Å². The van der Waals surface area contributed by atoms with Crippen LogP contribution in [0.2, 0.25) is 0 Å². The van der Waals surface area contributed by atoms with E-state index in [9.17, 15) is 18.4 Å². The van der Waals surface area contributed by atoms with Gasteiger partial charge in [0.2, 0.25) is 0 Å². The third-order valence-corrected chi connectivity index (χ3v) is 13.7. The van der Waals surface area contributed by atoms with E-state index in [2.05, 4.69) is 65.9 Å². The summed E-state index contributed by atoms with van der Waals surface area (Å²) in [7, 11) is 0. The van der Waals surface area contributed by atoms with E-state index in [1.165, 1.54) is 12.1 Å². The number of aromatic nitrogens is 14. The smallest absolute Gasteiger partial charge is 0.309 e. The van der Waals surface area contributed by atoms with Crippen molar-refractivity contribution in [1.29, 1.82) is 5.26 Å². The van der Waals surface area contributed by atoms with Crippen LogP contribution >= 0.6 is 0 Å². The fraction of sp³-hybridized carbons (Fsp3) is 0.169. The molecule has 12 aromatic rings. The number of rotatable bonds is 7. The fourth-order valence-corrected chi connectivity index (χ4v) is 10.5. The van der Waals surface area contributed by atoms with Gasteiger partial charge < -0.3 is 9.13 Å². The van der Waals surface area contributed by atoms with Gasteiger partial charge in [0.25, 0.3) is 0 Å². The normalized spacial score (nSPS) is 12.1. The van der Waals surface area contributed by atoms with E-state index in [0.29, 0.717) is 142 Å². The first-order valence-electron chi connectivity index (χ1n) is 24.9. The van der Waals surface area contributed by atoms with Crippen LogP contribution in [0, 0.1) is 66.7 Å². The maximum absolute atomic E-state index is 15.7. The number of fused-ring (bicyclic) bond motifs is 6. The van der Waals surface area contributed by atoms with E-state index in [4.69, 9.17) is 0 Å². The minimum atomic E-state index is -5.30. The van der Waals surface area contributed by atoms with Gasteiger partial charge in [-0.1, -0.05) is 6.07 Å². The lowest BCUT2D eigenvalue weighted by atomic mass is 9.93. The summed E-state index contributed by atoms with van der Waals surface area (Å²) in [6, 6.07) is 28.6. The topological polar surface area (TPSA) is 188 Å². The third kappa shape index (κ3) is 8.93. The molecule has 0 aliphatic heterocycles. The van der Waals surface area contributed by atoms with Gasteiger partial charge in [0.05, 0.1) is 50.1 Å². The summed E-state index contributed by atoms with van der Waals surface area (Å²) in [6.07, 6.45) is -10.4. The summed E-state index contributed by atoms with van der Waals surface area (Å²) >= 11 is 0. The van der Waals surface area contributed by atoms with Crippen LogP contribution in [0.1, 0.15) is 63.3 Å². The molecule has 21 heteroatoms. The second kappa shape index (κ2) is 18.6. The Morgan fingerprint density at radius 1 is 0.350 bits per heavy atom. The molecule has 0 amide bonds. The van der Waals surface area contributed by atoms with Crippen molar-refractivity contribution in [1.82, 2.24) is 68.9 Å². The Morgan fingerprint density at radius 2 is 0.675 bits per heavy atom. The lowest BCUT2D eigenvalue weighted by Gasteiger charge is -2.22. The zero-order valence-corrected chi connectivity index (χ0v) is 43.8. The Labute approximate surface area is 450 Å². The van der Waals surface area contributed by atoms with E-state index in [-0.39, 0.29) is 28.6 Å². The molecule has 0 bridgehead atoms. The Balaban J connectivity index is 1.20. The van der Waals surface area contributed by atoms with Crippen LogP contribution in [-0.4, -0.2) is 68.9 Å². The molecule has 0 unspecified atom stereocenters. The molecule has 0 N–H and O–H groups in total. The van der Waals surface area contributed by atoms with Gasteiger partial charge in [0, 0.05) is 49.4 Å². The van der Waals surface area contributed by atoms with Crippen molar-refractivity contribution in [2.45, 2.75) is 67.7 Å². The summed E-state index contributed by atoms with van der Waals surface area (Å²) in [5.41, 5.74) is 0.860. The van der Waals surface area contributed by atoms with Gasteiger partial charge in [0.15, 0.2) is 23.3 Å². The van der Waals surface area contributed by atoms with Gasteiger partial charge in [-0.3, -0.25) is 0 Å². The van der Waals surface area contributed by atoms with Crippen LogP contribution in [0.25, 0.3) is 112 Å². The number of halogens is 6. The van der Waals surface area contributed by atoms with Crippen molar-refractivity contribution in [3.05, 3.63) is 166 Å². The molecule has 394 valence electrons. The second-order valence-electron chi connectivity index (χ2n) is 19.4. The second-order valence-corrected chi connectivity index (χ2v) is 19.4. The van der Waals surface area contributed by atoms with E-state index in [0.717, 1.165) is 6.07 Å². The highest BCUT2D eigenvalue weighted by atomic mass is 19.4. The van der Waals surface area contributed by atoms with Crippen LogP contribution in [0.15, 0.2) is 103 Å². The zero-order chi connectivity index (χ0) is 56.3. The highest BCUT2D eigenvalue weighted by Crippen LogP contribution is 2.47. The summed E-state index contributed by atoms with van der Waals surface area (Å²) in [5.74, 6) is 5.44. The summed E-state index contributed by atoms with van der Waals surface area (Å²) in [4.78, 5) is 54.3. The van der Waals surface area contributed by atoms with Crippen molar-refractivity contribution in [3.63, 3.8) is 0 Å². The molecule has 6 aromatic carbocycles. The molecule has 0 fully saturated rings. The molecule has 0 spiro atoms. The first-order valence-corrected chi connectivity index (χ1v) is 24.9. The quantitative estimate of drug-likeness (QED) is 0.137. The molecule has 15 nitrogen and oxygen atoms in total. The molecule has 0 saturated heterocycles. The highest BCUT2D eigenvalue weighted by molar-refractivity contribution is 6.13. The van der Waals surface area contributed by atoms with Gasteiger partial charge in [0.1, 0.15) is 52.7 Å². The van der Waals surface area contributed by atoms with E-state index < -0.39 is 29.0 Å². The largest absolute Gasteiger partial charge is 0.417 e. The average Bonchev–Trinajstić information content (AvgIpc) is 3.10. The number of hydrogen-bond acceptors (Lipinski definition) is 13. The Kier molecular flexibility index (Phi) is 11.8. The number of alkyl halides is 6. The molecular formula is C59H41F6N15. The minimum absolute atomic E-state index is 0.0131. The Hall–Kier alpha value is -9.97. The van der Waals surface area contributed by atoms with Crippen molar-refractivity contribution in [2.24, 2.45) is 0 Å². The maximum Gasteiger partial charge on any atom is 0.417 e. The van der Waals surface area contributed by atoms with E-state index in [1.807, 2.05) is 24.3 Å². The predicted octanol–water partition coefficient (Wildman–Crippen LogP) is 13.3. The van der Waals surface area contributed by atoms with Gasteiger partial charge in [-0.05, 0) is 158 Å². The third-order valence-electron chi connectivity index (χ3n) is 13.7. The van der Waals surface area contributed by atoms with Gasteiger partial charge in [-0.15, -0.1) is 0 Å². The summed E-state index contributed by atoms with van der Waals surface area (Å²) < 4.78 is 94.0. The van der Waals surface area contributed by atoms with Gasteiger partial charge >= 0.3 is 12.4 Å². The number of nitriles is 1. The fourth-order valence-electron chi connectivity index (χ4n) is 10.5. The molecule has 0 atom stereocenters. The molecule has 0 radical (unpaired) electrons. The zero-order valence-electron chi connectivity index (χ0n) is 43.8. The standard InChI is InChI=1S/C59H41F6N15/c1-27-67-28(2)72-54(71-27)35-9-15-48-42(19-35)43-20-36(55-73-29(3)68-30(4)74-55)10-16-49(43)79(48)52-25-46(41-14-13-40(58(60,61)62)24-47(41)59(63,64)65)53(23-39(52)26-66)80-50-17-11-37(56-75-31(5)69-32(6)76-56)21-44(50)45-22-38(12-18-51(45)80)57-77-33(7)70-34(8)78-57/h9-25H,1-8H3. The van der Waals surface area contributed by atoms with E-state index in [1.54, 1.807) is 113 Å². The minimum Gasteiger partial charge on any atom is -0.309 e. The molecule has 0 aliphatic carbocycles. The van der Waals surface area contributed by atoms with Gasteiger partial charge in [-0.2, -0.15) is 31.6 Å². The maximum atomic E-state index is 15.7. The monoisotopic (exact) mass is 1070 g/mol. The van der Waals surface area contributed by atoms with Crippen molar-refractivity contribution in [3.8, 4) is 74.1 Å². The molecule has 12 rings (SSSR count). The summed E-state index contributed by atoms with van der Waals surface area (Å²) in [5, 5.41) is 13.9. The van der Waals surface area contributed by atoms with Crippen molar-refractivity contribution >= 4 is 43.6 Å². The molecule has 6 aromatic heterocycles. The number of benzene rings is 6. The van der Waals surface area contributed by atoms with Crippen molar-refractivity contribution in [2.75, 3.05) is 0 Å². The van der Waals surface area contributed by atoms with Crippen LogP contribution < -0.4 is 0 Å². The lowest BCUT2D eigenvalue weighted by Crippen LogP contribution is -2.13.